The lowest BCUT2D eigenvalue weighted by molar-refractivity contribution is 0.379. The Bertz CT molecular complexity index is 311. The molecular formula is C8H20N4O2S. The van der Waals surface area contributed by atoms with Crippen LogP contribution in [0.15, 0.2) is 0 Å². The van der Waals surface area contributed by atoms with Gasteiger partial charge in [0.05, 0.1) is 6.54 Å². The van der Waals surface area contributed by atoms with Crippen LogP contribution in [-0.2, 0) is 10.2 Å². The highest BCUT2D eigenvalue weighted by Gasteiger charge is 2.25. The Labute approximate surface area is 91.5 Å². The van der Waals surface area contributed by atoms with Crippen molar-refractivity contribution in [3.05, 3.63) is 0 Å². The number of rotatable bonds is 6. The van der Waals surface area contributed by atoms with Crippen molar-refractivity contribution in [2.45, 2.75) is 39.8 Å². The van der Waals surface area contributed by atoms with Crippen LogP contribution >= 0.6 is 0 Å². The first-order valence-corrected chi connectivity index (χ1v) is 6.22. The van der Waals surface area contributed by atoms with E-state index in [4.69, 9.17) is 11.1 Å². The lowest BCUT2D eigenvalue weighted by atomic mass is 10.4. The number of nitrogens with one attached hydrogen (secondary N) is 2. The minimum absolute atomic E-state index is 0.0836. The van der Waals surface area contributed by atoms with Crippen LogP contribution in [0.5, 0.6) is 0 Å². The van der Waals surface area contributed by atoms with E-state index in [1.807, 2.05) is 0 Å². The SMILES string of the molecule is CC(C)NS(=O)(=O)N(CC(=N)N)C(C)C. The zero-order valence-electron chi connectivity index (χ0n) is 9.61. The molecule has 4 N–H and O–H groups in total. The van der Waals surface area contributed by atoms with Crippen molar-refractivity contribution in [2.75, 3.05) is 6.54 Å². The maximum absolute atomic E-state index is 11.8. The summed E-state index contributed by atoms with van der Waals surface area (Å²) in [5.74, 6) is -0.169. The van der Waals surface area contributed by atoms with Gasteiger partial charge in [-0.15, -0.1) is 0 Å². The van der Waals surface area contributed by atoms with Crippen molar-refractivity contribution in [3.8, 4) is 0 Å². The van der Waals surface area contributed by atoms with Gasteiger partial charge in [-0.2, -0.15) is 17.4 Å². The van der Waals surface area contributed by atoms with Crippen LogP contribution in [0.25, 0.3) is 0 Å². The summed E-state index contributed by atoms with van der Waals surface area (Å²) in [6, 6.07) is -0.409. The van der Waals surface area contributed by atoms with Gasteiger partial charge in [0, 0.05) is 12.1 Å². The maximum atomic E-state index is 11.8. The van der Waals surface area contributed by atoms with Gasteiger partial charge in [0.1, 0.15) is 5.84 Å². The smallest absolute Gasteiger partial charge is 0.280 e. The fourth-order valence-electron chi connectivity index (χ4n) is 1.08. The van der Waals surface area contributed by atoms with E-state index in [1.165, 1.54) is 0 Å². The zero-order chi connectivity index (χ0) is 12.2. The Morgan fingerprint density at radius 3 is 2.13 bits per heavy atom. The summed E-state index contributed by atoms with van der Waals surface area (Å²) in [6.07, 6.45) is 0. The van der Waals surface area contributed by atoms with Crippen molar-refractivity contribution in [1.29, 1.82) is 5.41 Å². The molecule has 0 rings (SSSR count). The van der Waals surface area contributed by atoms with Crippen LogP contribution in [0.3, 0.4) is 0 Å². The molecule has 0 saturated heterocycles. The Balaban J connectivity index is 4.83. The van der Waals surface area contributed by atoms with Crippen molar-refractivity contribution < 1.29 is 8.42 Å². The third-order valence-electron chi connectivity index (χ3n) is 1.60. The van der Waals surface area contributed by atoms with E-state index < -0.39 is 10.2 Å². The third kappa shape index (κ3) is 5.10. The molecule has 0 spiro atoms. The number of nitrogens with two attached hydrogens (primary N) is 1. The first-order chi connectivity index (χ1) is 6.66. The second-order valence-electron chi connectivity index (χ2n) is 3.94. The fourth-order valence-corrected chi connectivity index (χ4v) is 2.67. The van der Waals surface area contributed by atoms with Crippen molar-refractivity contribution in [2.24, 2.45) is 5.73 Å². The van der Waals surface area contributed by atoms with Crippen LogP contribution in [0.4, 0.5) is 0 Å². The molecule has 0 aliphatic heterocycles. The van der Waals surface area contributed by atoms with E-state index in [1.54, 1.807) is 27.7 Å². The molecule has 0 saturated carbocycles. The number of amidine groups is 1. The number of nitrogens with zero attached hydrogens (tertiary/aromatic N) is 1. The highest BCUT2D eigenvalue weighted by Crippen LogP contribution is 2.05. The lowest BCUT2D eigenvalue weighted by Gasteiger charge is -2.26. The quantitative estimate of drug-likeness (QED) is 0.442. The minimum atomic E-state index is -3.55. The molecule has 0 bridgehead atoms. The Kier molecular flexibility index (Phi) is 5.19. The molecule has 6 nitrogen and oxygen atoms in total. The normalized spacial score (nSPS) is 12.7. The van der Waals surface area contributed by atoms with E-state index in [0.717, 1.165) is 4.31 Å². The Morgan fingerprint density at radius 2 is 1.87 bits per heavy atom. The first kappa shape index (κ1) is 14.3. The van der Waals surface area contributed by atoms with Crippen molar-refractivity contribution in [3.63, 3.8) is 0 Å². The number of hydrogen-bond donors (Lipinski definition) is 3. The molecule has 0 aliphatic rings. The Hall–Kier alpha value is -0.660. The van der Waals surface area contributed by atoms with E-state index >= 15 is 0 Å². The summed E-state index contributed by atoms with van der Waals surface area (Å²) in [5, 5.41) is 7.12. The van der Waals surface area contributed by atoms with Gasteiger partial charge in [-0.05, 0) is 27.7 Å². The van der Waals surface area contributed by atoms with Crippen LogP contribution in [-0.4, -0.2) is 37.2 Å². The van der Waals surface area contributed by atoms with Crippen LogP contribution in [0.1, 0.15) is 27.7 Å². The van der Waals surface area contributed by atoms with Gasteiger partial charge in [-0.1, -0.05) is 0 Å². The van der Waals surface area contributed by atoms with Gasteiger partial charge in [0.15, 0.2) is 0 Å². The van der Waals surface area contributed by atoms with Gasteiger partial charge >= 0.3 is 0 Å². The maximum Gasteiger partial charge on any atom is 0.280 e. The van der Waals surface area contributed by atoms with E-state index in [0.29, 0.717) is 0 Å². The van der Waals surface area contributed by atoms with Crippen molar-refractivity contribution in [1.82, 2.24) is 9.03 Å². The first-order valence-electron chi connectivity index (χ1n) is 4.78. The summed E-state index contributed by atoms with van der Waals surface area (Å²) in [5.41, 5.74) is 5.21. The molecule has 0 aromatic carbocycles. The second kappa shape index (κ2) is 5.43. The third-order valence-corrected chi connectivity index (χ3v) is 3.53. The molecule has 0 unspecified atom stereocenters. The summed E-state index contributed by atoms with van der Waals surface area (Å²) < 4.78 is 27.2. The largest absolute Gasteiger partial charge is 0.387 e. The standard InChI is InChI=1S/C8H20N4O2S/c1-6(2)11-15(13,14)12(7(3)4)5-8(9)10/h6-7,11H,5H2,1-4H3,(H3,9,10). The van der Waals surface area contributed by atoms with Gasteiger partial charge in [0.2, 0.25) is 0 Å². The molecule has 15 heavy (non-hydrogen) atoms. The average molecular weight is 236 g/mol. The molecule has 90 valence electrons. The summed E-state index contributed by atoms with van der Waals surface area (Å²) in [7, 11) is -3.55. The molecule has 7 heteroatoms. The molecule has 0 aromatic heterocycles. The minimum Gasteiger partial charge on any atom is -0.387 e. The monoisotopic (exact) mass is 236 g/mol. The van der Waals surface area contributed by atoms with Crippen molar-refractivity contribution >= 4 is 16.0 Å². The van der Waals surface area contributed by atoms with E-state index in [9.17, 15) is 8.42 Å². The highest BCUT2D eigenvalue weighted by atomic mass is 32.2. The second-order valence-corrected chi connectivity index (χ2v) is 5.60. The molecular weight excluding hydrogens is 216 g/mol. The zero-order valence-corrected chi connectivity index (χ0v) is 10.4. The molecule has 0 heterocycles. The van der Waals surface area contributed by atoms with Crippen LogP contribution < -0.4 is 10.5 Å². The molecule has 0 amide bonds. The summed E-state index contributed by atoms with van der Waals surface area (Å²) in [4.78, 5) is 0. The molecule has 0 fully saturated rings. The summed E-state index contributed by atoms with van der Waals surface area (Å²) >= 11 is 0. The predicted molar refractivity (Wildman–Crippen MR) is 60.9 cm³/mol. The van der Waals surface area contributed by atoms with Gasteiger partial charge < -0.3 is 5.73 Å². The topological polar surface area (TPSA) is 99.3 Å². The highest BCUT2D eigenvalue weighted by molar-refractivity contribution is 7.87. The average Bonchev–Trinajstić information content (AvgIpc) is 1.96. The van der Waals surface area contributed by atoms with Gasteiger partial charge in [-0.25, -0.2) is 0 Å². The Morgan fingerprint density at radius 1 is 1.40 bits per heavy atom. The molecule has 0 aliphatic carbocycles. The van der Waals surface area contributed by atoms with Gasteiger partial charge in [0.25, 0.3) is 10.2 Å². The van der Waals surface area contributed by atoms with Crippen LogP contribution in [0, 0.1) is 5.41 Å². The molecule has 0 radical (unpaired) electrons. The van der Waals surface area contributed by atoms with E-state index in [-0.39, 0.29) is 24.5 Å². The van der Waals surface area contributed by atoms with Gasteiger partial charge in [-0.3, -0.25) is 5.41 Å². The molecule has 0 atom stereocenters. The molecule has 0 aromatic rings. The fraction of sp³-hybridized carbons (Fsp3) is 0.875. The van der Waals surface area contributed by atoms with Crippen LogP contribution in [0.2, 0.25) is 0 Å². The lowest BCUT2D eigenvalue weighted by Crippen LogP contribution is -2.49. The van der Waals surface area contributed by atoms with E-state index in [2.05, 4.69) is 4.72 Å². The predicted octanol–water partition coefficient (Wildman–Crippen LogP) is -0.124. The summed E-state index contributed by atoms with van der Waals surface area (Å²) in [6.45, 7) is 6.87. The number of hydrogen-bond acceptors (Lipinski definition) is 3.